The largest absolute Gasteiger partial charge is 0.488 e. The van der Waals surface area contributed by atoms with Gasteiger partial charge in [0, 0.05) is 5.54 Å². The zero-order valence-electron chi connectivity index (χ0n) is 9.91. The number of hydrogen-bond acceptors (Lipinski definition) is 3. The van der Waals surface area contributed by atoms with E-state index in [1.165, 1.54) is 11.6 Å². The molecule has 0 amide bonds. The minimum Gasteiger partial charge on any atom is -0.488 e. The molecule has 100 valence electrons. The maximum absolute atomic E-state index is 11.3. The molecular weight excluding hydrogens is 297 g/mol. The van der Waals surface area contributed by atoms with Crippen molar-refractivity contribution in [3.63, 3.8) is 0 Å². The average Bonchev–Trinajstić information content (AvgIpc) is 2.27. The van der Waals surface area contributed by atoms with Gasteiger partial charge in [-0.1, -0.05) is 23.2 Å². The van der Waals surface area contributed by atoms with Crippen molar-refractivity contribution >= 4 is 33.2 Å². The lowest BCUT2D eigenvalue weighted by molar-refractivity contribution is 0.356. The SMILES string of the molecule is Cc1cc(S(N)(=O)=O)c(C)cc1OC/C(Cl)=C/Cl. The molecule has 0 aliphatic carbocycles. The Bertz CT molecular complexity index is 582. The predicted molar refractivity (Wildman–Crippen MR) is 72.6 cm³/mol. The van der Waals surface area contributed by atoms with Gasteiger partial charge in [0.15, 0.2) is 0 Å². The third-order valence-corrected chi connectivity index (χ3v) is 3.91. The molecule has 0 aliphatic heterocycles. The van der Waals surface area contributed by atoms with Crippen LogP contribution in [0.3, 0.4) is 0 Å². The molecule has 0 saturated carbocycles. The molecule has 18 heavy (non-hydrogen) atoms. The topological polar surface area (TPSA) is 69.4 Å². The van der Waals surface area contributed by atoms with Gasteiger partial charge in [0.25, 0.3) is 0 Å². The summed E-state index contributed by atoms with van der Waals surface area (Å²) in [6.07, 6.45) is 0. The van der Waals surface area contributed by atoms with Crippen LogP contribution in [0.25, 0.3) is 0 Å². The number of halogens is 2. The normalized spacial score (nSPS) is 12.6. The van der Waals surface area contributed by atoms with Gasteiger partial charge in [-0.05, 0) is 37.1 Å². The Morgan fingerprint density at radius 3 is 2.50 bits per heavy atom. The first-order chi connectivity index (χ1) is 8.25. The molecule has 0 spiro atoms. The summed E-state index contributed by atoms with van der Waals surface area (Å²) in [5.74, 6) is 0.538. The summed E-state index contributed by atoms with van der Waals surface area (Å²) in [5, 5.41) is 5.46. The molecule has 0 aliphatic rings. The van der Waals surface area contributed by atoms with E-state index in [4.69, 9.17) is 33.1 Å². The van der Waals surface area contributed by atoms with Crippen LogP contribution in [0.15, 0.2) is 27.6 Å². The van der Waals surface area contributed by atoms with Gasteiger partial charge in [0.2, 0.25) is 10.0 Å². The molecule has 0 fully saturated rings. The number of sulfonamides is 1. The van der Waals surface area contributed by atoms with Crippen molar-refractivity contribution in [2.45, 2.75) is 18.7 Å². The summed E-state index contributed by atoms with van der Waals surface area (Å²) in [6.45, 7) is 3.49. The molecular formula is C11H13Cl2NO3S. The van der Waals surface area contributed by atoms with Crippen LogP contribution < -0.4 is 9.88 Å². The Kier molecular flexibility index (Phi) is 5.04. The molecule has 4 nitrogen and oxygen atoms in total. The highest BCUT2D eigenvalue weighted by Gasteiger charge is 2.14. The molecule has 0 unspecified atom stereocenters. The Morgan fingerprint density at radius 1 is 1.39 bits per heavy atom. The van der Waals surface area contributed by atoms with E-state index >= 15 is 0 Å². The quantitative estimate of drug-likeness (QED) is 0.929. The van der Waals surface area contributed by atoms with Crippen LogP contribution in [-0.4, -0.2) is 15.0 Å². The van der Waals surface area contributed by atoms with E-state index in [1.807, 2.05) is 0 Å². The minimum atomic E-state index is -3.72. The smallest absolute Gasteiger partial charge is 0.238 e. The van der Waals surface area contributed by atoms with E-state index in [1.54, 1.807) is 19.9 Å². The number of benzene rings is 1. The van der Waals surface area contributed by atoms with Crippen LogP contribution in [0, 0.1) is 13.8 Å². The van der Waals surface area contributed by atoms with Gasteiger partial charge in [0.05, 0.1) is 9.93 Å². The zero-order valence-corrected chi connectivity index (χ0v) is 12.2. The summed E-state index contributed by atoms with van der Waals surface area (Å²) in [6, 6.07) is 3.08. The first kappa shape index (κ1) is 15.3. The Balaban J connectivity index is 3.08. The number of hydrogen-bond donors (Lipinski definition) is 1. The second-order valence-corrected chi connectivity index (χ2v) is 6.01. The first-order valence-corrected chi connectivity index (χ1v) is 7.33. The maximum Gasteiger partial charge on any atom is 0.238 e. The van der Waals surface area contributed by atoms with Crippen molar-refractivity contribution in [2.75, 3.05) is 6.61 Å². The van der Waals surface area contributed by atoms with Gasteiger partial charge in [-0.3, -0.25) is 0 Å². The lowest BCUT2D eigenvalue weighted by Gasteiger charge is -2.12. The summed E-state index contributed by atoms with van der Waals surface area (Å²) >= 11 is 11.1. The van der Waals surface area contributed by atoms with Crippen LogP contribution in [0.4, 0.5) is 0 Å². The van der Waals surface area contributed by atoms with Crippen molar-refractivity contribution < 1.29 is 13.2 Å². The lowest BCUT2D eigenvalue weighted by atomic mass is 10.1. The van der Waals surface area contributed by atoms with Gasteiger partial charge < -0.3 is 4.74 Å². The second kappa shape index (κ2) is 5.93. The summed E-state index contributed by atoms with van der Waals surface area (Å²) < 4.78 is 28.1. The van der Waals surface area contributed by atoms with Gasteiger partial charge >= 0.3 is 0 Å². The Labute approximate surface area is 116 Å². The number of aryl methyl sites for hydroxylation is 2. The van der Waals surface area contributed by atoms with Crippen molar-refractivity contribution in [2.24, 2.45) is 5.14 Å². The highest BCUT2D eigenvalue weighted by molar-refractivity contribution is 7.89. The predicted octanol–water partition coefficient (Wildman–Crippen LogP) is 2.65. The fourth-order valence-corrected chi connectivity index (χ4v) is 2.37. The fourth-order valence-electron chi connectivity index (χ4n) is 1.40. The molecule has 2 N–H and O–H groups in total. The average molecular weight is 310 g/mol. The number of nitrogens with two attached hydrogens (primary N) is 1. The fraction of sp³-hybridized carbons (Fsp3) is 0.273. The van der Waals surface area contributed by atoms with E-state index in [0.29, 0.717) is 21.9 Å². The molecule has 0 aromatic heterocycles. The van der Waals surface area contributed by atoms with E-state index in [-0.39, 0.29) is 11.5 Å². The summed E-state index contributed by atoms with van der Waals surface area (Å²) in [7, 11) is -3.72. The molecule has 0 bridgehead atoms. The summed E-state index contributed by atoms with van der Waals surface area (Å²) in [5.41, 5.74) is 2.38. The summed E-state index contributed by atoms with van der Waals surface area (Å²) in [4.78, 5) is 0.0892. The van der Waals surface area contributed by atoms with Gasteiger partial charge in [-0.25, -0.2) is 13.6 Å². The second-order valence-electron chi connectivity index (χ2n) is 3.77. The number of primary sulfonamides is 1. The third kappa shape index (κ3) is 3.88. The highest BCUT2D eigenvalue weighted by atomic mass is 35.5. The number of ether oxygens (including phenoxy) is 1. The zero-order chi connectivity index (χ0) is 13.9. The maximum atomic E-state index is 11.3. The van der Waals surface area contributed by atoms with E-state index in [2.05, 4.69) is 0 Å². The molecule has 1 rings (SSSR count). The van der Waals surface area contributed by atoms with Crippen molar-refractivity contribution in [1.29, 1.82) is 0 Å². The first-order valence-electron chi connectivity index (χ1n) is 4.97. The molecule has 0 heterocycles. The van der Waals surface area contributed by atoms with Crippen LogP contribution >= 0.6 is 23.2 Å². The van der Waals surface area contributed by atoms with Gasteiger partial charge in [0.1, 0.15) is 12.4 Å². The van der Waals surface area contributed by atoms with Crippen LogP contribution in [0.2, 0.25) is 0 Å². The minimum absolute atomic E-state index is 0.0892. The van der Waals surface area contributed by atoms with Crippen LogP contribution in [0.5, 0.6) is 5.75 Å². The van der Waals surface area contributed by atoms with E-state index in [9.17, 15) is 8.42 Å². The van der Waals surface area contributed by atoms with Crippen molar-refractivity contribution in [3.8, 4) is 5.75 Å². The lowest BCUT2D eigenvalue weighted by Crippen LogP contribution is -2.14. The number of rotatable bonds is 4. The van der Waals surface area contributed by atoms with E-state index in [0.717, 1.165) is 0 Å². The van der Waals surface area contributed by atoms with Gasteiger partial charge in [-0.15, -0.1) is 0 Å². The van der Waals surface area contributed by atoms with E-state index < -0.39 is 10.0 Å². The van der Waals surface area contributed by atoms with Crippen molar-refractivity contribution in [3.05, 3.63) is 33.8 Å². The molecule has 0 radical (unpaired) electrons. The Morgan fingerprint density at radius 2 is 2.00 bits per heavy atom. The molecule has 0 saturated heterocycles. The molecule has 7 heteroatoms. The van der Waals surface area contributed by atoms with Crippen molar-refractivity contribution in [1.82, 2.24) is 0 Å². The highest BCUT2D eigenvalue weighted by Crippen LogP contribution is 2.25. The molecule has 0 atom stereocenters. The Hall–Kier alpha value is -0.750. The monoisotopic (exact) mass is 309 g/mol. The van der Waals surface area contributed by atoms with Crippen LogP contribution in [-0.2, 0) is 10.0 Å². The van der Waals surface area contributed by atoms with Gasteiger partial charge in [-0.2, -0.15) is 0 Å². The third-order valence-electron chi connectivity index (χ3n) is 2.26. The standard InChI is InChI=1S/C11H13Cl2NO3S/c1-7-4-11(18(14,15)16)8(2)3-10(7)17-6-9(13)5-12/h3-5H,6H2,1-2H3,(H2,14,15,16)/b9-5-. The molecule has 1 aromatic rings. The van der Waals surface area contributed by atoms with Crippen LogP contribution in [0.1, 0.15) is 11.1 Å². The molecule has 1 aromatic carbocycles.